The molecule has 0 aliphatic carbocycles. The van der Waals surface area contributed by atoms with Gasteiger partial charge in [0, 0.05) is 6.42 Å². The lowest BCUT2D eigenvalue weighted by atomic mass is 10.0. The van der Waals surface area contributed by atoms with Crippen LogP contribution in [-0.4, -0.2) is 35.6 Å². The van der Waals surface area contributed by atoms with Crippen molar-refractivity contribution in [1.82, 2.24) is 4.98 Å². The molecule has 0 radical (unpaired) electrons. The molecule has 1 aromatic rings. The molecule has 0 fully saturated rings. The molecule has 15 heavy (non-hydrogen) atoms. The topological polar surface area (TPSA) is 89.6 Å². The molecule has 1 aromatic heterocycles. The van der Waals surface area contributed by atoms with Gasteiger partial charge in [-0.25, -0.2) is 4.98 Å². The van der Waals surface area contributed by atoms with Crippen molar-refractivity contribution in [3.63, 3.8) is 0 Å². The van der Waals surface area contributed by atoms with Crippen LogP contribution in [0.15, 0.2) is 17.1 Å². The molecule has 1 unspecified atom stereocenters. The number of aliphatic hydroxyl groups is 1. The number of carbonyl (C=O) groups excluding carboxylic acids is 2. The van der Waals surface area contributed by atoms with Crippen LogP contribution in [0.5, 0.6) is 0 Å². The quantitative estimate of drug-likeness (QED) is 0.548. The highest BCUT2D eigenvalue weighted by molar-refractivity contribution is 5.96. The molecule has 1 heterocycles. The largest absolute Gasteiger partial charge is 0.469 e. The van der Waals surface area contributed by atoms with Crippen LogP contribution in [0.3, 0.4) is 0 Å². The van der Waals surface area contributed by atoms with E-state index < -0.39 is 18.5 Å². The monoisotopic (exact) mass is 213 g/mol. The van der Waals surface area contributed by atoms with Crippen LogP contribution >= 0.6 is 0 Å². The Morgan fingerprint density at radius 1 is 1.67 bits per heavy atom. The number of ketones is 1. The van der Waals surface area contributed by atoms with E-state index >= 15 is 0 Å². The number of esters is 1. The summed E-state index contributed by atoms with van der Waals surface area (Å²) < 4.78 is 9.05. The van der Waals surface area contributed by atoms with Crippen LogP contribution in [0.1, 0.15) is 16.9 Å². The molecule has 0 aliphatic rings. The average molecular weight is 213 g/mol. The maximum Gasteiger partial charge on any atom is 0.311 e. The van der Waals surface area contributed by atoms with Crippen molar-refractivity contribution in [2.75, 3.05) is 13.7 Å². The standard InChI is InChI=1S/C9H11NO5/c1-14-9(13)6(3-11)2-8(12)7-4-15-5-10-7/h4-6,11H,2-3H2,1H3. The number of oxazole rings is 1. The first kappa shape index (κ1) is 11.4. The Kier molecular flexibility index (Phi) is 3.99. The van der Waals surface area contributed by atoms with Crippen LogP contribution in [-0.2, 0) is 9.53 Å². The minimum absolute atomic E-state index is 0.136. The van der Waals surface area contributed by atoms with Gasteiger partial charge >= 0.3 is 5.97 Å². The van der Waals surface area contributed by atoms with Gasteiger partial charge in [-0.1, -0.05) is 0 Å². The molecular formula is C9H11NO5. The lowest BCUT2D eigenvalue weighted by Gasteiger charge is -2.09. The number of nitrogens with zero attached hydrogens (tertiary/aromatic N) is 1. The van der Waals surface area contributed by atoms with Gasteiger partial charge in [0.15, 0.2) is 12.2 Å². The number of aliphatic hydroxyl groups excluding tert-OH is 1. The lowest BCUT2D eigenvalue weighted by molar-refractivity contribution is -0.146. The molecule has 6 nitrogen and oxygen atoms in total. The Bertz CT molecular complexity index is 332. The average Bonchev–Trinajstić information content (AvgIpc) is 2.77. The van der Waals surface area contributed by atoms with Gasteiger partial charge in [-0.15, -0.1) is 0 Å². The maximum absolute atomic E-state index is 11.5. The molecule has 0 saturated heterocycles. The molecule has 0 aromatic carbocycles. The highest BCUT2D eigenvalue weighted by Gasteiger charge is 2.23. The molecule has 1 N–H and O–H groups in total. The Hall–Kier alpha value is -1.69. The lowest BCUT2D eigenvalue weighted by Crippen LogP contribution is -2.23. The van der Waals surface area contributed by atoms with Crippen LogP contribution < -0.4 is 0 Å². The van der Waals surface area contributed by atoms with Crippen molar-refractivity contribution in [3.8, 4) is 0 Å². The first-order valence-electron chi connectivity index (χ1n) is 4.29. The van der Waals surface area contributed by atoms with E-state index in [2.05, 4.69) is 14.1 Å². The molecule has 1 atom stereocenters. The van der Waals surface area contributed by atoms with Gasteiger partial charge in [0.2, 0.25) is 0 Å². The first-order valence-corrected chi connectivity index (χ1v) is 4.29. The van der Waals surface area contributed by atoms with Crippen LogP contribution in [0.4, 0.5) is 0 Å². The number of hydrogen-bond acceptors (Lipinski definition) is 6. The van der Waals surface area contributed by atoms with Crippen molar-refractivity contribution in [2.45, 2.75) is 6.42 Å². The summed E-state index contributed by atoms with van der Waals surface area (Å²) in [7, 11) is 1.20. The molecule has 6 heteroatoms. The molecule has 0 bridgehead atoms. The summed E-state index contributed by atoms with van der Waals surface area (Å²) in [5.41, 5.74) is 0.136. The fourth-order valence-electron chi connectivity index (χ4n) is 1.07. The second-order valence-electron chi connectivity index (χ2n) is 2.90. The van der Waals surface area contributed by atoms with Gasteiger partial charge in [0.1, 0.15) is 12.0 Å². The molecule has 1 rings (SSSR count). The van der Waals surface area contributed by atoms with E-state index in [1.54, 1.807) is 0 Å². The fourth-order valence-corrected chi connectivity index (χ4v) is 1.07. The SMILES string of the molecule is COC(=O)C(CO)CC(=O)c1cocn1. The van der Waals surface area contributed by atoms with Gasteiger partial charge in [-0.2, -0.15) is 0 Å². The van der Waals surface area contributed by atoms with E-state index in [-0.39, 0.29) is 17.9 Å². The van der Waals surface area contributed by atoms with E-state index in [9.17, 15) is 9.59 Å². The van der Waals surface area contributed by atoms with Gasteiger partial charge in [0.25, 0.3) is 0 Å². The minimum atomic E-state index is -0.848. The summed E-state index contributed by atoms with van der Waals surface area (Å²) in [5, 5.41) is 8.88. The molecule has 0 spiro atoms. The number of carbonyl (C=O) groups is 2. The Morgan fingerprint density at radius 3 is 2.87 bits per heavy atom. The number of aromatic nitrogens is 1. The molecule has 82 valence electrons. The van der Waals surface area contributed by atoms with Crippen LogP contribution in [0.2, 0.25) is 0 Å². The molecular weight excluding hydrogens is 202 g/mol. The van der Waals surface area contributed by atoms with Crippen molar-refractivity contribution in [2.24, 2.45) is 5.92 Å². The van der Waals surface area contributed by atoms with E-state index in [1.165, 1.54) is 13.4 Å². The van der Waals surface area contributed by atoms with Crippen molar-refractivity contribution in [3.05, 3.63) is 18.4 Å². The summed E-state index contributed by atoms with van der Waals surface area (Å²) >= 11 is 0. The van der Waals surface area contributed by atoms with E-state index in [0.29, 0.717) is 0 Å². The predicted molar refractivity (Wildman–Crippen MR) is 48.0 cm³/mol. The van der Waals surface area contributed by atoms with Gasteiger partial charge in [-0.3, -0.25) is 9.59 Å². The highest BCUT2D eigenvalue weighted by Crippen LogP contribution is 2.09. The summed E-state index contributed by atoms with van der Waals surface area (Å²) in [6, 6.07) is 0. The van der Waals surface area contributed by atoms with Gasteiger partial charge < -0.3 is 14.3 Å². The molecule has 0 amide bonds. The predicted octanol–water partition coefficient (Wildman–Crippen LogP) is 0.0289. The summed E-state index contributed by atoms with van der Waals surface area (Å²) in [5.74, 6) is -1.83. The zero-order valence-corrected chi connectivity index (χ0v) is 8.17. The third-order valence-electron chi connectivity index (χ3n) is 1.90. The van der Waals surface area contributed by atoms with E-state index in [4.69, 9.17) is 5.11 Å². The molecule has 0 saturated carbocycles. The second kappa shape index (κ2) is 5.26. The number of methoxy groups -OCH3 is 1. The van der Waals surface area contributed by atoms with Crippen LogP contribution in [0.25, 0.3) is 0 Å². The normalized spacial score (nSPS) is 12.1. The smallest absolute Gasteiger partial charge is 0.311 e. The minimum Gasteiger partial charge on any atom is -0.469 e. The zero-order chi connectivity index (χ0) is 11.3. The van der Waals surface area contributed by atoms with E-state index in [1.807, 2.05) is 0 Å². The third-order valence-corrected chi connectivity index (χ3v) is 1.90. The van der Waals surface area contributed by atoms with Crippen LogP contribution in [0, 0.1) is 5.92 Å². The molecule has 0 aliphatic heterocycles. The van der Waals surface area contributed by atoms with E-state index in [0.717, 1.165) is 6.39 Å². The third kappa shape index (κ3) is 2.88. The van der Waals surface area contributed by atoms with Crippen molar-refractivity contribution < 1.29 is 23.8 Å². The Labute approximate surface area is 85.9 Å². The van der Waals surface area contributed by atoms with Gasteiger partial charge in [0.05, 0.1) is 19.6 Å². The summed E-state index contributed by atoms with van der Waals surface area (Å²) in [6.07, 6.45) is 2.17. The number of Topliss-reactive ketones (excluding diaryl/α,β-unsaturated/α-hetero) is 1. The maximum atomic E-state index is 11.5. The number of rotatable bonds is 5. The first-order chi connectivity index (χ1) is 7.19. The zero-order valence-electron chi connectivity index (χ0n) is 8.17. The fraction of sp³-hybridized carbons (Fsp3) is 0.444. The van der Waals surface area contributed by atoms with Crippen molar-refractivity contribution in [1.29, 1.82) is 0 Å². The second-order valence-corrected chi connectivity index (χ2v) is 2.90. The Balaban J connectivity index is 2.60. The summed E-state index contributed by atoms with van der Waals surface area (Å²) in [4.78, 5) is 26.2. The van der Waals surface area contributed by atoms with Gasteiger partial charge in [-0.05, 0) is 0 Å². The number of ether oxygens (including phenoxy) is 1. The highest BCUT2D eigenvalue weighted by atomic mass is 16.5. The van der Waals surface area contributed by atoms with Crippen molar-refractivity contribution >= 4 is 11.8 Å². The number of hydrogen-bond donors (Lipinski definition) is 1. The summed E-state index contributed by atoms with van der Waals surface area (Å²) in [6.45, 7) is -0.434. The Morgan fingerprint density at radius 2 is 2.40 bits per heavy atom.